The predicted molar refractivity (Wildman–Crippen MR) is 103 cm³/mol. The summed E-state index contributed by atoms with van der Waals surface area (Å²) < 4.78 is 46.1. The lowest BCUT2D eigenvalue weighted by Gasteiger charge is -2.11. The third-order valence-electron chi connectivity index (χ3n) is 3.79. The van der Waals surface area contributed by atoms with Gasteiger partial charge in [-0.15, -0.1) is 13.2 Å². The quantitative estimate of drug-likeness (QED) is 0.525. The molecule has 1 amide bonds. The number of rotatable bonds is 6. The Hall–Kier alpha value is -3.19. The van der Waals surface area contributed by atoms with E-state index in [4.69, 9.17) is 16.3 Å². The molecule has 0 aliphatic carbocycles. The molecule has 0 unspecified atom stereocenters. The van der Waals surface area contributed by atoms with Crippen LogP contribution in [0.5, 0.6) is 11.5 Å². The molecule has 0 saturated heterocycles. The highest BCUT2D eigenvalue weighted by Crippen LogP contribution is 2.24. The SMILES string of the molecule is O=C(Nc1ccc(OC(F)(F)F)cc1)c1cccc(OCc2ccccc2Cl)c1. The summed E-state index contributed by atoms with van der Waals surface area (Å²) in [6.45, 7) is 0.241. The van der Waals surface area contributed by atoms with Gasteiger partial charge in [0.2, 0.25) is 0 Å². The second-order valence-electron chi connectivity index (χ2n) is 5.93. The fourth-order valence-corrected chi connectivity index (χ4v) is 2.64. The van der Waals surface area contributed by atoms with Gasteiger partial charge in [0.25, 0.3) is 5.91 Å². The van der Waals surface area contributed by atoms with Gasteiger partial charge in [-0.1, -0.05) is 35.9 Å². The van der Waals surface area contributed by atoms with E-state index in [1.165, 1.54) is 12.1 Å². The molecule has 4 nitrogen and oxygen atoms in total. The van der Waals surface area contributed by atoms with Crippen molar-refractivity contribution in [3.8, 4) is 11.5 Å². The summed E-state index contributed by atoms with van der Waals surface area (Å²) in [5, 5.41) is 3.19. The summed E-state index contributed by atoms with van der Waals surface area (Å²) in [7, 11) is 0. The molecule has 0 aliphatic heterocycles. The summed E-state index contributed by atoms with van der Waals surface area (Å²) >= 11 is 6.09. The Bertz CT molecular complexity index is 991. The van der Waals surface area contributed by atoms with Crippen molar-refractivity contribution < 1.29 is 27.4 Å². The van der Waals surface area contributed by atoms with Crippen molar-refractivity contribution in [1.29, 1.82) is 0 Å². The Morgan fingerprint density at radius 3 is 2.34 bits per heavy atom. The molecule has 3 rings (SSSR count). The standard InChI is InChI=1S/C21H15ClF3NO3/c22-19-7-2-1-4-15(19)13-28-18-6-3-5-14(12-18)20(27)26-16-8-10-17(11-9-16)29-21(23,24)25/h1-12H,13H2,(H,26,27). The monoisotopic (exact) mass is 421 g/mol. The maximum atomic E-state index is 12.4. The minimum atomic E-state index is -4.77. The van der Waals surface area contributed by atoms with Gasteiger partial charge in [0.15, 0.2) is 0 Å². The van der Waals surface area contributed by atoms with E-state index in [1.807, 2.05) is 18.2 Å². The number of benzene rings is 3. The van der Waals surface area contributed by atoms with E-state index in [1.54, 1.807) is 30.3 Å². The number of carbonyl (C=O) groups is 1. The van der Waals surface area contributed by atoms with Crippen LogP contribution in [0, 0.1) is 0 Å². The average molecular weight is 422 g/mol. The molecule has 0 bridgehead atoms. The molecule has 29 heavy (non-hydrogen) atoms. The third-order valence-corrected chi connectivity index (χ3v) is 4.16. The number of nitrogens with one attached hydrogen (secondary N) is 1. The zero-order valence-corrected chi connectivity index (χ0v) is 15.6. The van der Waals surface area contributed by atoms with Crippen LogP contribution in [0.25, 0.3) is 0 Å². The molecule has 0 fully saturated rings. The van der Waals surface area contributed by atoms with Crippen molar-refractivity contribution in [2.75, 3.05) is 5.32 Å². The molecule has 0 atom stereocenters. The van der Waals surface area contributed by atoms with E-state index in [-0.39, 0.29) is 12.4 Å². The topological polar surface area (TPSA) is 47.6 Å². The van der Waals surface area contributed by atoms with Crippen molar-refractivity contribution in [3.63, 3.8) is 0 Å². The first-order valence-corrected chi connectivity index (χ1v) is 8.81. The Kier molecular flexibility index (Phi) is 6.29. The third kappa shape index (κ3) is 6.15. The first kappa shape index (κ1) is 20.5. The van der Waals surface area contributed by atoms with Crippen LogP contribution in [0.15, 0.2) is 72.8 Å². The molecule has 1 N–H and O–H groups in total. The lowest BCUT2D eigenvalue weighted by molar-refractivity contribution is -0.274. The molecular weight excluding hydrogens is 407 g/mol. The fourth-order valence-electron chi connectivity index (χ4n) is 2.45. The van der Waals surface area contributed by atoms with Crippen LogP contribution in [0.3, 0.4) is 0 Å². The Labute approximate surface area is 169 Å². The largest absolute Gasteiger partial charge is 0.573 e. The lowest BCUT2D eigenvalue weighted by atomic mass is 10.2. The highest BCUT2D eigenvalue weighted by molar-refractivity contribution is 6.31. The molecule has 0 radical (unpaired) electrons. The van der Waals surface area contributed by atoms with E-state index in [9.17, 15) is 18.0 Å². The van der Waals surface area contributed by atoms with Crippen LogP contribution < -0.4 is 14.8 Å². The first-order valence-electron chi connectivity index (χ1n) is 8.43. The van der Waals surface area contributed by atoms with Gasteiger partial charge in [0.05, 0.1) is 0 Å². The van der Waals surface area contributed by atoms with Crippen molar-refractivity contribution in [3.05, 3.63) is 88.9 Å². The molecule has 0 aliphatic rings. The van der Waals surface area contributed by atoms with E-state index in [0.29, 0.717) is 22.0 Å². The number of hydrogen-bond acceptors (Lipinski definition) is 3. The zero-order valence-electron chi connectivity index (χ0n) is 14.9. The number of halogens is 4. The van der Waals surface area contributed by atoms with Gasteiger partial charge in [-0.3, -0.25) is 4.79 Å². The summed E-state index contributed by atoms with van der Waals surface area (Å²) in [5.41, 5.74) is 1.47. The number of amides is 1. The Morgan fingerprint density at radius 1 is 0.931 bits per heavy atom. The normalized spacial score (nSPS) is 11.0. The molecule has 8 heteroatoms. The van der Waals surface area contributed by atoms with Gasteiger partial charge < -0.3 is 14.8 Å². The summed E-state index contributed by atoms with van der Waals surface area (Å²) in [4.78, 5) is 12.4. The van der Waals surface area contributed by atoms with Crippen molar-refractivity contribution in [1.82, 2.24) is 0 Å². The molecule has 0 saturated carbocycles. The van der Waals surface area contributed by atoms with Crippen LogP contribution in [0.4, 0.5) is 18.9 Å². The van der Waals surface area contributed by atoms with Crippen molar-refractivity contribution >= 4 is 23.2 Å². The highest BCUT2D eigenvalue weighted by Gasteiger charge is 2.30. The Balaban J connectivity index is 1.62. The minimum Gasteiger partial charge on any atom is -0.489 e. The number of anilines is 1. The molecule has 3 aromatic rings. The molecular formula is C21H15ClF3NO3. The maximum Gasteiger partial charge on any atom is 0.573 e. The highest BCUT2D eigenvalue weighted by atomic mass is 35.5. The van der Waals surface area contributed by atoms with E-state index >= 15 is 0 Å². The van der Waals surface area contributed by atoms with E-state index in [0.717, 1.165) is 17.7 Å². The van der Waals surface area contributed by atoms with Crippen LogP contribution in [-0.4, -0.2) is 12.3 Å². The zero-order chi connectivity index (χ0) is 20.9. The second kappa shape index (κ2) is 8.87. The Morgan fingerprint density at radius 2 is 1.66 bits per heavy atom. The molecule has 3 aromatic carbocycles. The van der Waals surface area contributed by atoms with Crippen molar-refractivity contribution in [2.45, 2.75) is 13.0 Å². The van der Waals surface area contributed by atoms with E-state index in [2.05, 4.69) is 10.1 Å². The van der Waals surface area contributed by atoms with Gasteiger partial charge in [-0.25, -0.2) is 0 Å². The van der Waals surface area contributed by atoms with Gasteiger partial charge in [0, 0.05) is 21.8 Å². The van der Waals surface area contributed by atoms with Crippen LogP contribution >= 0.6 is 11.6 Å². The maximum absolute atomic E-state index is 12.4. The predicted octanol–water partition coefficient (Wildman–Crippen LogP) is 6.07. The molecule has 0 aromatic heterocycles. The molecule has 0 heterocycles. The summed E-state index contributed by atoms with van der Waals surface area (Å²) in [5.74, 6) is -0.324. The minimum absolute atomic E-state index is 0.241. The van der Waals surface area contributed by atoms with Crippen LogP contribution in [0.1, 0.15) is 15.9 Å². The van der Waals surface area contributed by atoms with Gasteiger partial charge in [-0.2, -0.15) is 0 Å². The average Bonchev–Trinajstić information content (AvgIpc) is 2.68. The molecule has 0 spiro atoms. The van der Waals surface area contributed by atoms with Gasteiger partial charge in [0.1, 0.15) is 18.1 Å². The first-order chi connectivity index (χ1) is 13.8. The van der Waals surface area contributed by atoms with Gasteiger partial charge >= 0.3 is 6.36 Å². The fraction of sp³-hybridized carbons (Fsp3) is 0.0952. The number of carbonyl (C=O) groups excluding carboxylic acids is 1. The summed E-state index contributed by atoms with van der Waals surface area (Å²) in [6.07, 6.45) is -4.77. The van der Waals surface area contributed by atoms with Crippen molar-refractivity contribution in [2.24, 2.45) is 0 Å². The number of ether oxygens (including phenoxy) is 2. The van der Waals surface area contributed by atoms with E-state index < -0.39 is 12.3 Å². The van der Waals surface area contributed by atoms with Crippen LogP contribution in [0.2, 0.25) is 5.02 Å². The second-order valence-corrected chi connectivity index (χ2v) is 6.34. The van der Waals surface area contributed by atoms with Crippen LogP contribution in [-0.2, 0) is 6.61 Å². The summed E-state index contributed by atoms with van der Waals surface area (Å²) in [6, 6.07) is 18.7. The lowest BCUT2D eigenvalue weighted by Crippen LogP contribution is -2.17. The number of alkyl halides is 3. The molecule has 150 valence electrons. The number of hydrogen-bond donors (Lipinski definition) is 1. The smallest absolute Gasteiger partial charge is 0.489 e. The van der Waals surface area contributed by atoms with Gasteiger partial charge in [-0.05, 0) is 48.5 Å².